The van der Waals surface area contributed by atoms with Crippen molar-refractivity contribution in [2.45, 2.75) is 51.2 Å². The predicted molar refractivity (Wildman–Crippen MR) is 93.2 cm³/mol. The van der Waals surface area contributed by atoms with Gasteiger partial charge < -0.3 is 10.1 Å². The van der Waals surface area contributed by atoms with Crippen LogP contribution in [0, 0.1) is 0 Å². The van der Waals surface area contributed by atoms with E-state index in [4.69, 9.17) is 4.74 Å². The molecule has 1 aliphatic carbocycles. The van der Waals surface area contributed by atoms with Gasteiger partial charge in [-0.1, -0.05) is 6.07 Å². The third-order valence-corrected chi connectivity index (χ3v) is 6.58. The smallest absolute Gasteiger partial charge is 0.338 e. The third-order valence-electron chi connectivity index (χ3n) is 4.82. The van der Waals surface area contributed by atoms with Crippen LogP contribution < -0.4 is 5.32 Å². The van der Waals surface area contributed by atoms with E-state index in [0.29, 0.717) is 12.0 Å². The Morgan fingerprint density at radius 3 is 2.60 bits per heavy atom. The minimum absolute atomic E-state index is 0.0514. The van der Waals surface area contributed by atoms with Crippen LogP contribution in [0.4, 0.5) is 0 Å². The maximum Gasteiger partial charge on any atom is 0.338 e. The molecule has 0 saturated carbocycles. The number of rotatable bonds is 4. The van der Waals surface area contributed by atoms with Gasteiger partial charge >= 0.3 is 5.97 Å². The highest BCUT2D eigenvalue weighted by Crippen LogP contribution is 2.22. The van der Waals surface area contributed by atoms with E-state index in [1.807, 2.05) is 12.1 Å². The van der Waals surface area contributed by atoms with Crippen molar-refractivity contribution in [3.63, 3.8) is 0 Å². The number of sulfone groups is 1. The Morgan fingerprint density at radius 2 is 1.92 bits per heavy atom. The quantitative estimate of drug-likeness (QED) is 0.815. The first-order chi connectivity index (χ1) is 11.8. The largest absolute Gasteiger partial charge is 0.449 e. The summed E-state index contributed by atoms with van der Waals surface area (Å²) in [5.74, 6) is -0.964. The van der Waals surface area contributed by atoms with Gasteiger partial charge in [0.15, 0.2) is 15.9 Å². The Kier molecular flexibility index (Phi) is 5.13. The van der Waals surface area contributed by atoms with Crippen molar-refractivity contribution in [2.24, 2.45) is 0 Å². The number of benzene rings is 1. The lowest BCUT2D eigenvalue weighted by Crippen LogP contribution is -2.42. The molecule has 6 nitrogen and oxygen atoms in total. The molecule has 136 valence electrons. The second-order valence-corrected chi connectivity index (χ2v) is 9.08. The van der Waals surface area contributed by atoms with Gasteiger partial charge in [0.2, 0.25) is 0 Å². The van der Waals surface area contributed by atoms with Crippen LogP contribution in [-0.2, 0) is 32.2 Å². The Balaban J connectivity index is 1.57. The molecule has 1 heterocycles. The number of aryl methyl sites for hydroxylation is 2. The van der Waals surface area contributed by atoms with Gasteiger partial charge in [0.1, 0.15) is 0 Å². The topological polar surface area (TPSA) is 89.5 Å². The Morgan fingerprint density at radius 1 is 1.20 bits per heavy atom. The van der Waals surface area contributed by atoms with Crippen LogP contribution in [0.1, 0.15) is 47.7 Å². The minimum Gasteiger partial charge on any atom is -0.449 e. The molecule has 1 fully saturated rings. The molecule has 1 saturated heterocycles. The number of carbonyl (C=O) groups is 2. The lowest BCUT2D eigenvalue weighted by molar-refractivity contribution is -0.129. The number of fused-ring (bicyclic) bond motifs is 1. The zero-order chi connectivity index (χ0) is 18.0. The van der Waals surface area contributed by atoms with Crippen LogP contribution in [0.25, 0.3) is 0 Å². The molecular weight excluding hydrogens is 342 g/mol. The molecule has 0 radical (unpaired) electrons. The van der Waals surface area contributed by atoms with Gasteiger partial charge in [0.25, 0.3) is 5.91 Å². The lowest BCUT2D eigenvalue weighted by atomic mass is 9.90. The average molecular weight is 365 g/mol. The summed E-state index contributed by atoms with van der Waals surface area (Å²) in [5, 5.41) is 2.65. The maximum absolute atomic E-state index is 12.3. The number of esters is 1. The highest BCUT2D eigenvalue weighted by Gasteiger charge is 2.30. The highest BCUT2D eigenvalue weighted by atomic mass is 32.2. The van der Waals surface area contributed by atoms with E-state index in [-0.39, 0.29) is 11.5 Å². The van der Waals surface area contributed by atoms with Crippen molar-refractivity contribution in [2.75, 3.05) is 11.5 Å². The van der Waals surface area contributed by atoms with Gasteiger partial charge in [-0.25, -0.2) is 13.2 Å². The van der Waals surface area contributed by atoms with Gasteiger partial charge in [0.05, 0.1) is 17.1 Å². The summed E-state index contributed by atoms with van der Waals surface area (Å²) < 4.78 is 28.1. The molecule has 1 aromatic rings. The van der Waals surface area contributed by atoms with E-state index in [1.165, 1.54) is 24.5 Å². The lowest BCUT2D eigenvalue weighted by Gasteiger charge is -2.18. The van der Waals surface area contributed by atoms with Gasteiger partial charge in [-0.05, 0) is 62.3 Å². The van der Waals surface area contributed by atoms with E-state index in [1.54, 1.807) is 6.07 Å². The zero-order valence-electron chi connectivity index (χ0n) is 14.3. The molecule has 1 amide bonds. The monoisotopic (exact) mass is 365 g/mol. The molecule has 25 heavy (non-hydrogen) atoms. The summed E-state index contributed by atoms with van der Waals surface area (Å²) in [6.45, 7) is 1.50. The molecule has 0 bridgehead atoms. The van der Waals surface area contributed by atoms with Crippen molar-refractivity contribution in [3.05, 3.63) is 34.9 Å². The fourth-order valence-electron chi connectivity index (χ4n) is 3.37. The van der Waals surface area contributed by atoms with Gasteiger partial charge in [-0.2, -0.15) is 0 Å². The Hall–Kier alpha value is -1.89. The number of carbonyl (C=O) groups excluding carboxylic acids is 2. The number of amides is 1. The first-order valence-electron chi connectivity index (χ1n) is 8.68. The molecule has 7 heteroatoms. The number of hydrogen-bond donors (Lipinski definition) is 1. The Labute approximate surface area is 147 Å². The van der Waals surface area contributed by atoms with Gasteiger partial charge in [-0.3, -0.25) is 4.79 Å². The molecule has 0 aromatic heterocycles. The van der Waals surface area contributed by atoms with Crippen molar-refractivity contribution < 1.29 is 22.7 Å². The van der Waals surface area contributed by atoms with Gasteiger partial charge in [-0.15, -0.1) is 0 Å². The fourth-order valence-corrected chi connectivity index (χ4v) is 5.04. The van der Waals surface area contributed by atoms with Crippen LogP contribution in [0.15, 0.2) is 18.2 Å². The van der Waals surface area contributed by atoms with E-state index in [9.17, 15) is 18.0 Å². The second-order valence-electron chi connectivity index (χ2n) is 6.85. The van der Waals surface area contributed by atoms with E-state index in [2.05, 4.69) is 5.32 Å². The van der Waals surface area contributed by atoms with Crippen LogP contribution in [-0.4, -0.2) is 43.9 Å². The minimum atomic E-state index is -3.06. The predicted octanol–water partition coefficient (Wildman–Crippen LogP) is 1.41. The number of ether oxygens (including phenoxy) is 1. The summed E-state index contributed by atoms with van der Waals surface area (Å²) in [5.41, 5.74) is 2.90. The summed E-state index contributed by atoms with van der Waals surface area (Å²) in [6, 6.07) is 5.15. The molecular formula is C18H23NO5S. The SMILES string of the molecule is C[C@H](OC(=O)c1ccc2c(c1)CCCC2)C(=O)N[C@@H]1CCS(=O)(=O)C1. The second kappa shape index (κ2) is 7.15. The van der Waals surface area contributed by atoms with Crippen LogP contribution in [0.3, 0.4) is 0 Å². The molecule has 0 unspecified atom stereocenters. The summed E-state index contributed by atoms with van der Waals surface area (Å²) in [6.07, 6.45) is 3.72. The molecule has 2 aliphatic rings. The van der Waals surface area contributed by atoms with E-state index < -0.39 is 33.9 Å². The molecule has 1 aliphatic heterocycles. The average Bonchev–Trinajstić information content (AvgIpc) is 2.92. The summed E-state index contributed by atoms with van der Waals surface area (Å²) >= 11 is 0. The van der Waals surface area contributed by atoms with Crippen LogP contribution in [0.5, 0.6) is 0 Å². The van der Waals surface area contributed by atoms with Crippen molar-refractivity contribution in [3.8, 4) is 0 Å². The summed E-state index contributed by atoms with van der Waals surface area (Å²) in [7, 11) is -3.06. The van der Waals surface area contributed by atoms with E-state index >= 15 is 0 Å². The normalized spacial score (nSPS) is 22.7. The first-order valence-corrected chi connectivity index (χ1v) is 10.5. The molecule has 1 N–H and O–H groups in total. The maximum atomic E-state index is 12.3. The van der Waals surface area contributed by atoms with E-state index in [0.717, 1.165) is 19.3 Å². The Bertz CT molecular complexity index is 787. The van der Waals surface area contributed by atoms with Crippen molar-refractivity contribution in [1.29, 1.82) is 0 Å². The first kappa shape index (κ1) is 17.9. The van der Waals surface area contributed by atoms with Crippen LogP contribution in [0.2, 0.25) is 0 Å². The fraction of sp³-hybridized carbons (Fsp3) is 0.556. The molecule has 1 aromatic carbocycles. The zero-order valence-corrected chi connectivity index (χ0v) is 15.1. The molecule has 3 rings (SSSR count). The van der Waals surface area contributed by atoms with Crippen molar-refractivity contribution >= 4 is 21.7 Å². The molecule has 0 spiro atoms. The highest BCUT2D eigenvalue weighted by molar-refractivity contribution is 7.91. The van der Waals surface area contributed by atoms with Gasteiger partial charge in [0, 0.05) is 6.04 Å². The standard InChI is InChI=1S/C18H23NO5S/c1-12(17(20)19-16-8-9-25(22,23)11-16)24-18(21)15-7-6-13-4-2-3-5-14(13)10-15/h6-7,10,12,16H,2-5,8-9,11H2,1H3,(H,19,20)/t12-,16+/m0/s1. The number of hydrogen-bond acceptors (Lipinski definition) is 5. The molecule has 2 atom stereocenters. The van der Waals surface area contributed by atoms with Crippen molar-refractivity contribution in [1.82, 2.24) is 5.32 Å². The van der Waals surface area contributed by atoms with Crippen LogP contribution >= 0.6 is 0 Å². The summed E-state index contributed by atoms with van der Waals surface area (Å²) in [4.78, 5) is 24.4. The third kappa shape index (κ3) is 4.39. The number of nitrogens with one attached hydrogen (secondary N) is 1.